The molecule has 1 rings (SSSR count). The van der Waals surface area contributed by atoms with Crippen molar-refractivity contribution < 1.29 is 4.79 Å². The Bertz CT molecular complexity index is 357. The summed E-state index contributed by atoms with van der Waals surface area (Å²) in [6.45, 7) is 1.63. The highest BCUT2D eigenvalue weighted by molar-refractivity contribution is 7.80. The second-order valence-electron chi connectivity index (χ2n) is 2.40. The normalized spacial score (nSPS) is 9.83. The van der Waals surface area contributed by atoms with Gasteiger partial charge in [-0.15, -0.1) is 12.6 Å². The molecule has 1 heterocycles. The van der Waals surface area contributed by atoms with E-state index in [4.69, 9.17) is 5.73 Å². The Morgan fingerprint density at radius 1 is 1.67 bits per heavy atom. The maximum absolute atomic E-state index is 10.8. The SMILES string of the molecule is Cc1cc(=O)[nH]c(S)c1C(N)=O. The summed E-state index contributed by atoms with van der Waals surface area (Å²) in [4.78, 5) is 24.0. The highest BCUT2D eigenvalue weighted by Gasteiger charge is 2.09. The van der Waals surface area contributed by atoms with Gasteiger partial charge in [-0.1, -0.05) is 0 Å². The molecule has 12 heavy (non-hydrogen) atoms. The number of nitrogens with two attached hydrogens (primary N) is 1. The number of H-pyrrole nitrogens is 1. The fourth-order valence-electron chi connectivity index (χ4n) is 0.982. The molecule has 0 aromatic carbocycles. The number of aromatic nitrogens is 1. The minimum Gasteiger partial charge on any atom is -0.366 e. The summed E-state index contributed by atoms with van der Waals surface area (Å²) in [6.07, 6.45) is 0. The Balaban J connectivity index is 3.48. The smallest absolute Gasteiger partial charge is 0.251 e. The van der Waals surface area contributed by atoms with Gasteiger partial charge in [0.15, 0.2) is 0 Å². The number of rotatable bonds is 1. The molecule has 5 heteroatoms. The lowest BCUT2D eigenvalue weighted by atomic mass is 10.1. The van der Waals surface area contributed by atoms with Crippen LogP contribution in [-0.2, 0) is 0 Å². The van der Waals surface area contributed by atoms with Crippen LogP contribution in [0.25, 0.3) is 0 Å². The first-order valence-corrected chi connectivity index (χ1v) is 3.70. The molecule has 1 amide bonds. The fourth-order valence-corrected chi connectivity index (χ4v) is 1.38. The number of hydrogen-bond donors (Lipinski definition) is 3. The van der Waals surface area contributed by atoms with E-state index in [0.717, 1.165) is 0 Å². The third-order valence-electron chi connectivity index (χ3n) is 1.47. The number of aromatic amines is 1. The number of thiol groups is 1. The lowest BCUT2D eigenvalue weighted by molar-refractivity contribution is 0.0996. The molecule has 0 saturated heterocycles. The molecular formula is C7H8N2O2S. The van der Waals surface area contributed by atoms with Crippen molar-refractivity contribution in [3.05, 3.63) is 27.5 Å². The number of carbonyl (C=O) groups excluding carboxylic acids is 1. The van der Waals surface area contributed by atoms with Crippen molar-refractivity contribution in [3.8, 4) is 0 Å². The predicted octanol–water partition coefficient (Wildman–Crippen LogP) is 0.0709. The molecule has 0 atom stereocenters. The van der Waals surface area contributed by atoms with Crippen molar-refractivity contribution in [3.63, 3.8) is 0 Å². The number of hydrogen-bond acceptors (Lipinski definition) is 3. The Morgan fingerprint density at radius 3 is 2.67 bits per heavy atom. The quantitative estimate of drug-likeness (QED) is 0.540. The van der Waals surface area contributed by atoms with Gasteiger partial charge in [-0.2, -0.15) is 0 Å². The van der Waals surface area contributed by atoms with E-state index in [-0.39, 0.29) is 16.1 Å². The Kier molecular flexibility index (Phi) is 2.23. The largest absolute Gasteiger partial charge is 0.366 e. The molecule has 4 nitrogen and oxygen atoms in total. The monoisotopic (exact) mass is 184 g/mol. The topological polar surface area (TPSA) is 75.9 Å². The summed E-state index contributed by atoms with van der Waals surface area (Å²) in [7, 11) is 0. The number of nitrogens with one attached hydrogen (secondary N) is 1. The van der Waals surface area contributed by atoms with Crippen LogP contribution in [0, 0.1) is 6.92 Å². The van der Waals surface area contributed by atoms with Crippen molar-refractivity contribution in [2.45, 2.75) is 11.9 Å². The van der Waals surface area contributed by atoms with Crippen LogP contribution in [0.15, 0.2) is 15.9 Å². The third kappa shape index (κ3) is 1.50. The zero-order valence-electron chi connectivity index (χ0n) is 6.42. The van der Waals surface area contributed by atoms with Gasteiger partial charge < -0.3 is 10.7 Å². The van der Waals surface area contributed by atoms with E-state index in [2.05, 4.69) is 17.6 Å². The predicted molar refractivity (Wildman–Crippen MR) is 47.6 cm³/mol. The van der Waals surface area contributed by atoms with E-state index >= 15 is 0 Å². The Morgan fingerprint density at radius 2 is 2.25 bits per heavy atom. The second-order valence-corrected chi connectivity index (χ2v) is 2.85. The van der Waals surface area contributed by atoms with Crippen molar-refractivity contribution in [2.24, 2.45) is 5.73 Å². The lowest BCUT2D eigenvalue weighted by Gasteiger charge is -2.02. The van der Waals surface area contributed by atoms with Gasteiger partial charge in [-0.25, -0.2) is 0 Å². The molecule has 0 radical (unpaired) electrons. The molecule has 0 saturated carbocycles. The maximum atomic E-state index is 10.8. The van der Waals surface area contributed by atoms with E-state index < -0.39 is 5.91 Å². The van der Waals surface area contributed by atoms with E-state index in [1.165, 1.54) is 6.07 Å². The average molecular weight is 184 g/mol. The van der Waals surface area contributed by atoms with E-state index in [9.17, 15) is 9.59 Å². The van der Waals surface area contributed by atoms with Gasteiger partial charge in [0.2, 0.25) is 5.56 Å². The molecule has 0 fully saturated rings. The van der Waals surface area contributed by atoms with Crippen LogP contribution in [0.4, 0.5) is 0 Å². The van der Waals surface area contributed by atoms with Gasteiger partial charge in [0.05, 0.1) is 10.6 Å². The summed E-state index contributed by atoms with van der Waals surface area (Å²) in [6, 6.07) is 1.31. The molecule has 64 valence electrons. The highest BCUT2D eigenvalue weighted by atomic mass is 32.1. The van der Waals surface area contributed by atoms with Gasteiger partial charge >= 0.3 is 0 Å². The first-order valence-electron chi connectivity index (χ1n) is 3.25. The summed E-state index contributed by atoms with van der Waals surface area (Å²) < 4.78 is 0. The number of carbonyl (C=O) groups is 1. The molecule has 1 aromatic heterocycles. The minimum atomic E-state index is -0.589. The number of amides is 1. The Hall–Kier alpha value is -1.23. The van der Waals surface area contributed by atoms with Gasteiger partial charge in [-0.05, 0) is 12.5 Å². The molecule has 1 aromatic rings. The maximum Gasteiger partial charge on any atom is 0.251 e. The van der Waals surface area contributed by atoms with Crippen LogP contribution in [-0.4, -0.2) is 10.9 Å². The first-order chi connectivity index (χ1) is 5.52. The molecule has 0 aliphatic rings. The number of aryl methyl sites for hydroxylation is 1. The molecule has 0 unspecified atom stereocenters. The standard InChI is InChI=1S/C7H8N2O2S/c1-3-2-4(10)9-7(12)5(3)6(8)11/h2H,1H3,(H2,8,11)(H2,9,10,12). The molecule has 0 aliphatic heterocycles. The molecule has 0 bridgehead atoms. The van der Waals surface area contributed by atoms with Crippen molar-refractivity contribution >= 4 is 18.5 Å². The van der Waals surface area contributed by atoms with Crippen LogP contribution in [0.3, 0.4) is 0 Å². The summed E-state index contributed by atoms with van der Waals surface area (Å²) in [5.41, 5.74) is 5.57. The fraction of sp³-hybridized carbons (Fsp3) is 0.143. The van der Waals surface area contributed by atoms with Crippen LogP contribution >= 0.6 is 12.6 Å². The number of pyridine rings is 1. The first kappa shape index (κ1) is 8.86. The van der Waals surface area contributed by atoms with Crippen molar-refractivity contribution in [1.82, 2.24) is 4.98 Å². The molecule has 3 N–H and O–H groups in total. The minimum absolute atomic E-state index is 0.215. The third-order valence-corrected chi connectivity index (χ3v) is 1.80. The zero-order valence-corrected chi connectivity index (χ0v) is 7.31. The summed E-state index contributed by atoms with van der Waals surface area (Å²) in [5.74, 6) is -0.589. The zero-order chi connectivity index (χ0) is 9.30. The Labute approximate surface area is 74.2 Å². The van der Waals surface area contributed by atoms with Gasteiger partial charge in [-0.3, -0.25) is 9.59 Å². The lowest BCUT2D eigenvalue weighted by Crippen LogP contribution is -2.18. The van der Waals surface area contributed by atoms with Gasteiger partial charge in [0.25, 0.3) is 5.91 Å². The van der Waals surface area contributed by atoms with Crippen LogP contribution in [0.5, 0.6) is 0 Å². The molecule has 0 spiro atoms. The van der Waals surface area contributed by atoms with Crippen LogP contribution in [0.1, 0.15) is 15.9 Å². The van der Waals surface area contributed by atoms with Crippen LogP contribution in [0.2, 0.25) is 0 Å². The van der Waals surface area contributed by atoms with E-state index in [0.29, 0.717) is 5.56 Å². The van der Waals surface area contributed by atoms with Gasteiger partial charge in [0.1, 0.15) is 0 Å². The summed E-state index contributed by atoms with van der Waals surface area (Å²) in [5, 5.41) is 0.215. The summed E-state index contributed by atoms with van der Waals surface area (Å²) >= 11 is 3.92. The van der Waals surface area contributed by atoms with E-state index in [1.54, 1.807) is 6.92 Å². The van der Waals surface area contributed by atoms with Crippen molar-refractivity contribution in [2.75, 3.05) is 0 Å². The van der Waals surface area contributed by atoms with E-state index in [1.807, 2.05) is 0 Å². The number of primary amides is 1. The van der Waals surface area contributed by atoms with Crippen LogP contribution < -0.4 is 11.3 Å². The molecular weight excluding hydrogens is 176 g/mol. The second kappa shape index (κ2) is 3.02. The van der Waals surface area contributed by atoms with Crippen molar-refractivity contribution in [1.29, 1.82) is 0 Å². The highest BCUT2D eigenvalue weighted by Crippen LogP contribution is 2.11. The average Bonchev–Trinajstić information content (AvgIpc) is 1.82. The van der Waals surface area contributed by atoms with Gasteiger partial charge in [0, 0.05) is 6.07 Å². The molecule has 0 aliphatic carbocycles.